The molecule has 2 N–H and O–H groups in total. The van der Waals surface area contributed by atoms with Crippen molar-refractivity contribution in [2.75, 3.05) is 0 Å². The van der Waals surface area contributed by atoms with Gasteiger partial charge in [0.15, 0.2) is 0 Å². The molecule has 0 heterocycles. The summed E-state index contributed by atoms with van der Waals surface area (Å²) in [4.78, 5) is 18.0. The zero-order chi connectivity index (χ0) is 15.1. The van der Waals surface area contributed by atoms with Gasteiger partial charge in [0.25, 0.3) is 11.9 Å². The monoisotopic (exact) mass is 318 g/mol. The van der Waals surface area contributed by atoms with Crippen molar-refractivity contribution < 1.29 is 41.5 Å². The van der Waals surface area contributed by atoms with Crippen LogP contribution in [0.3, 0.4) is 0 Å². The SMILES string of the molecule is CC(=O)O.CC(=O)O.CC1=[C-]C(C)(C)C(C)=C1C.[CH3-].[Ti+2]. The molecule has 0 saturated carbocycles. The molecule has 0 aromatic heterocycles. The summed E-state index contributed by atoms with van der Waals surface area (Å²) in [6, 6.07) is 0. The predicted molar refractivity (Wildman–Crippen MR) is 77.6 cm³/mol. The van der Waals surface area contributed by atoms with E-state index in [0.717, 1.165) is 13.8 Å². The maximum Gasteiger partial charge on any atom is 2.00 e. The Morgan fingerprint density at radius 2 is 1.25 bits per heavy atom. The summed E-state index contributed by atoms with van der Waals surface area (Å²) in [6.45, 7) is 13.1. The minimum atomic E-state index is -0.833. The van der Waals surface area contributed by atoms with Gasteiger partial charge in [0, 0.05) is 13.8 Å². The summed E-state index contributed by atoms with van der Waals surface area (Å²) in [6.07, 6.45) is 3.44. The molecule has 0 fully saturated rings. The van der Waals surface area contributed by atoms with E-state index in [1.807, 2.05) is 0 Å². The Morgan fingerprint density at radius 1 is 1.00 bits per heavy atom. The van der Waals surface area contributed by atoms with Crippen LogP contribution >= 0.6 is 0 Å². The van der Waals surface area contributed by atoms with Crippen molar-refractivity contribution in [3.63, 3.8) is 0 Å². The van der Waals surface area contributed by atoms with Crippen LogP contribution in [0.1, 0.15) is 48.5 Å². The molecule has 20 heavy (non-hydrogen) atoms. The Labute approximate surface area is 137 Å². The predicted octanol–water partition coefficient (Wildman–Crippen LogP) is 3.74. The van der Waals surface area contributed by atoms with Crippen LogP contribution in [-0.4, -0.2) is 22.2 Å². The van der Waals surface area contributed by atoms with Gasteiger partial charge in [-0.3, -0.25) is 15.7 Å². The molecular weight excluding hydrogens is 292 g/mol. The Balaban J connectivity index is -0.000000110. The van der Waals surface area contributed by atoms with E-state index >= 15 is 0 Å². The van der Waals surface area contributed by atoms with Crippen molar-refractivity contribution in [1.82, 2.24) is 0 Å². The second-order valence-electron chi connectivity index (χ2n) is 4.66. The summed E-state index contributed by atoms with van der Waals surface area (Å²) in [5.41, 5.74) is 4.39. The summed E-state index contributed by atoms with van der Waals surface area (Å²) in [7, 11) is 0. The molecule has 1 rings (SSSR count). The van der Waals surface area contributed by atoms with E-state index in [1.165, 1.54) is 16.7 Å². The van der Waals surface area contributed by atoms with Gasteiger partial charge in [0.1, 0.15) is 0 Å². The smallest absolute Gasteiger partial charge is 0.481 e. The maximum absolute atomic E-state index is 9.00. The fourth-order valence-electron chi connectivity index (χ4n) is 1.41. The Bertz CT molecular complexity index is 359. The Morgan fingerprint density at radius 3 is 1.30 bits per heavy atom. The summed E-state index contributed by atoms with van der Waals surface area (Å²) in [5, 5.41) is 14.8. The van der Waals surface area contributed by atoms with Crippen molar-refractivity contribution in [1.29, 1.82) is 0 Å². The third-order valence-electron chi connectivity index (χ3n) is 2.56. The molecule has 0 atom stereocenters. The van der Waals surface area contributed by atoms with Gasteiger partial charge in [-0.2, -0.15) is 11.1 Å². The average molecular weight is 318 g/mol. The van der Waals surface area contributed by atoms with Crippen molar-refractivity contribution in [3.05, 3.63) is 30.2 Å². The van der Waals surface area contributed by atoms with Crippen molar-refractivity contribution >= 4 is 11.9 Å². The average Bonchev–Trinajstić information content (AvgIpc) is 2.27. The molecule has 0 aromatic carbocycles. The Kier molecular flexibility index (Phi) is 16.4. The maximum atomic E-state index is 9.00. The van der Waals surface area contributed by atoms with E-state index in [2.05, 4.69) is 40.7 Å². The molecule has 1 aliphatic carbocycles. The van der Waals surface area contributed by atoms with Crippen LogP contribution in [0.4, 0.5) is 0 Å². The van der Waals surface area contributed by atoms with E-state index in [1.54, 1.807) is 0 Å². The largest absolute Gasteiger partial charge is 2.00 e. The third-order valence-corrected chi connectivity index (χ3v) is 2.56. The second-order valence-corrected chi connectivity index (χ2v) is 4.66. The zero-order valence-electron chi connectivity index (χ0n) is 13.7. The van der Waals surface area contributed by atoms with E-state index in [-0.39, 0.29) is 34.6 Å². The number of rotatable bonds is 0. The summed E-state index contributed by atoms with van der Waals surface area (Å²) < 4.78 is 0. The molecule has 0 amide bonds. The first-order chi connectivity index (χ1) is 7.91. The normalized spacial score (nSPS) is 14.2. The number of allylic oxidation sites excluding steroid dienone is 4. The van der Waals surface area contributed by atoms with Crippen LogP contribution in [0.15, 0.2) is 16.7 Å². The fraction of sp³-hybridized carbons (Fsp3) is 0.533. The molecular formula is C15H26O4Ti. The van der Waals surface area contributed by atoms with E-state index < -0.39 is 11.9 Å². The van der Waals surface area contributed by atoms with E-state index in [9.17, 15) is 0 Å². The Hall–Kier alpha value is -0.866. The number of hydrogen-bond acceptors (Lipinski definition) is 2. The first-order valence-electron chi connectivity index (χ1n) is 5.61. The van der Waals surface area contributed by atoms with Crippen molar-refractivity contribution in [3.8, 4) is 0 Å². The third kappa shape index (κ3) is 13.6. The minimum Gasteiger partial charge on any atom is -0.481 e. The second kappa shape index (κ2) is 11.9. The molecule has 0 aliphatic heterocycles. The van der Waals surface area contributed by atoms with Crippen molar-refractivity contribution in [2.24, 2.45) is 5.41 Å². The number of carboxylic acids is 2. The van der Waals surface area contributed by atoms with Gasteiger partial charge in [-0.15, -0.1) is 6.92 Å². The molecule has 0 unspecified atom stereocenters. The molecule has 1 aliphatic rings. The van der Waals surface area contributed by atoms with Gasteiger partial charge in [0.05, 0.1) is 0 Å². The molecule has 0 bridgehead atoms. The van der Waals surface area contributed by atoms with Crippen molar-refractivity contribution in [2.45, 2.75) is 48.5 Å². The summed E-state index contributed by atoms with van der Waals surface area (Å²) >= 11 is 0. The number of hydrogen-bond donors (Lipinski definition) is 2. The molecule has 114 valence electrons. The molecule has 0 saturated heterocycles. The molecule has 4 nitrogen and oxygen atoms in total. The van der Waals surface area contributed by atoms with Gasteiger partial charge in [-0.05, 0) is 0 Å². The van der Waals surface area contributed by atoms with Gasteiger partial charge in [0.2, 0.25) is 0 Å². The number of carbonyl (C=O) groups is 2. The quantitative estimate of drug-likeness (QED) is 0.527. The van der Waals surface area contributed by atoms with Gasteiger partial charge in [-0.25, -0.2) is 5.57 Å². The van der Waals surface area contributed by atoms with Crippen LogP contribution in [0.5, 0.6) is 0 Å². The van der Waals surface area contributed by atoms with Gasteiger partial charge in [-0.1, -0.05) is 33.1 Å². The van der Waals surface area contributed by atoms with E-state index in [0.29, 0.717) is 0 Å². The van der Waals surface area contributed by atoms with Crippen LogP contribution in [0, 0.1) is 18.9 Å². The van der Waals surface area contributed by atoms with Gasteiger partial charge >= 0.3 is 21.7 Å². The topological polar surface area (TPSA) is 74.6 Å². The molecule has 0 spiro atoms. The molecule has 0 radical (unpaired) electrons. The van der Waals surface area contributed by atoms with E-state index in [4.69, 9.17) is 19.8 Å². The summed E-state index contributed by atoms with van der Waals surface area (Å²) in [5.74, 6) is -1.67. The van der Waals surface area contributed by atoms with Crippen LogP contribution in [0.2, 0.25) is 0 Å². The van der Waals surface area contributed by atoms with Crippen LogP contribution < -0.4 is 0 Å². The molecule has 5 heteroatoms. The van der Waals surface area contributed by atoms with Crippen LogP contribution in [-0.2, 0) is 31.3 Å². The first kappa shape index (κ1) is 27.5. The minimum absolute atomic E-state index is 0. The first-order valence-corrected chi connectivity index (χ1v) is 5.61. The van der Waals surface area contributed by atoms with Gasteiger partial charge < -0.3 is 17.6 Å². The van der Waals surface area contributed by atoms with Crippen LogP contribution in [0.25, 0.3) is 0 Å². The standard InChI is InChI=1S/C10H15.2C2H4O2.CH3.Ti/c1-7-6-10(4,5)9(3)8(7)2;2*1-2(3)4;;/h1-5H3;2*1H3,(H,3,4);1H3;/q-1;;;-1;+2. The zero-order valence-corrected chi connectivity index (χ0v) is 15.3. The number of aliphatic carboxylic acids is 2. The molecule has 0 aromatic rings. The number of carboxylic acid groups (broad SMARTS) is 2. The fourth-order valence-corrected chi connectivity index (χ4v) is 1.41.